The van der Waals surface area contributed by atoms with Gasteiger partial charge in [-0.2, -0.15) is 0 Å². The zero-order valence-corrected chi connectivity index (χ0v) is 15.0. The molecular formula is C19H19N3O5. The van der Waals surface area contributed by atoms with Crippen LogP contribution in [-0.2, 0) is 10.3 Å². The molecule has 27 heavy (non-hydrogen) atoms. The van der Waals surface area contributed by atoms with Gasteiger partial charge in [0.25, 0.3) is 11.6 Å². The molecule has 1 N–H and O–H groups in total. The molecule has 0 aromatic heterocycles. The average Bonchev–Trinajstić information content (AvgIpc) is 2.87. The number of nitrogens with one attached hydrogen (secondary N) is 1. The van der Waals surface area contributed by atoms with Crippen LogP contribution in [-0.4, -0.2) is 34.9 Å². The van der Waals surface area contributed by atoms with E-state index >= 15 is 0 Å². The number of nitrogens with zero attached hydrogens (tertiary/aromatic N) is 2. The van der Waals surface area contributed by atoms with Gasteiger partial charge in [0.1, 0.15) is 17.9 Å². The molecule has 0 spiro atoms. The first-order chi connectivity index (χ1) is 12.8. The van der Waals surface area contributed by atoms with E-state index in [0.29, 0.717) is 11.3 Å². The Hall–Kier alpha value is -3.42. The van der Waals surface area contributed by atoms with Crippen LogP contribution >= 0.6 is 0 Å². The van der Waals surface area contributed by atoms with Crippen molar-refractivity contribution in [2.45, 2.75) is 19.4 Å². The molecule has 8 heteroatoms. The fraction of sp³-hybridized carbons (Fsp3) is 0.263. The number of benzene rings is 2. The van der Waals surface area contributed by atoms with E-state index in [-0.39, 0.29) is 18.8 Å². The molecule has 3 rings (SSSR count). The van der Waals surface area contributed by atoms with E-state index in [2.05, 4.69) is 5.32 Å². The highest BCUT2D eigenvalue weighted by Crippen LogP contribution is 2.30. The van der Waals surface area contributed by atoms with Gasteiger partial charge in [-0.05, 0) is 31.5 Å². The molecule has 8 nitrogen and oxygen atoms in total. The highest BCUT2D eigenvalue weighted by Gasteiger charge is 2.49. The van der Waals surface area contributed by atoms with Crippen LogP contribution in [0.5, 0.6) is 5.75 Å². The van der Waals surface area contributed by atoms with Crippen molar-refractivity contribution in [3.05, 3.63) is 69.8 Å². The topological polar surface area (TPSA) is 102 Å². The van der Waals surface area contributed by atoms with Gasteiger partial charge in [0.15, 0.2) is 0 Å². The number of ether oxygens (including phenoxy) is 1. The summed E-state index contributed by atoms with van der Waals surface area (Å²) in [5.74, 6) is 0.176. The van der Waals surface area contributed by atoms with Crippen LogP contribution in [0, 0.1) is 17.0 Å². The highest BCUT2D eigenvalue weighted by molar-refractivity contribution is 6.07. The molecule has 0 radical (unpaired) electrons. The zero-order chi connectivity index (χ0) is 19.6. The number of nitro benzene ring substituents is 1. The summed E-state index contributed by atoms with van der Waals surface area (Å²) in [6, 6.07) is 12.6. The molecule has 1 aliphatic heterocycles. The van der Waals surface area contributed by atoms with E-state index < -0.39 is 22.4 Å². The van der Waals surface area contributed by atoms with Crippen molar-refractivity contribution in [3.8, 4) is 5.75 Å². The largest absolute Gasteiger partial charge is 0.492 e. The first-order valence-corrected chi connectivity index (χ1v) is 8.40. The second-order valence-electron chi connectivity index (χ2n) is 6.48. The summed E-state index contributed by atoms with van der Waals surface area (Å²) in [5, 5.41) is 13.6. The van der Waals surface area contributed by atoms with Crippen molar-refractivity contribution in [2.24, 2.45) is 0 Å². The van der Waals surface area contributed by atoms with Crippen molar-refractivity contribution >= 4 is 17.6 Å². The van der Waals surface area contributed by atoms with E-state index in [4.69, 9.17) is 4.74 Å². The van der Waals surface area contributed by atoms with Gasteiger partial charge in [-0.1, -0.05) is 29.8 Å². The van der Waals surface area contributed by atoms with Crippen LogP contribution in [0.3, 0.4) is 0 Å². The van der Waals surface area contributed by atoms with Gasteiger partial charge in [0.2, 0.25) is 0 Å². The maximum absolute atomic E-state index is 12.8. The quantitative estimate of drug-likeness (QED) is 0.479. The minimum absolute atomic E-state index is 0.0725. The number of amides is 3. The number of carbonyl (C=O) groups is 2. The standard InChI is InChI=1S/C19H19N3O5/c1-13-6-8-16(9-7-13)27-11-10-21-17(23)19(2,20-18(21)24)14-4-3-5-15(12-14)22(25)26/h3-9,12H,10-11H2,1-2H3,(H,20,24). The number of imide groups is 1. The maximum atomic E-state index is 12.8. The molecule has 0 aliphatic carbocycles. The summed E-state index contributed by atoms with van der Waals surface area (Å²) in [7, 11) is 0. The number of rotatable bonds is 6. The molecule has 0 saturated carbocycles. The predicted molar refractivity (Wildman–Crippen MR) is 97.4 cm³/mol. The van der Waals surface area contributed by atoms with Crippen molar-refractivity contribution in [3.63, 3.8) is 0 Å². The lowest BCUT2D eigenvalue weighted by Crippen LogP contribution is -2.41. The molecule has 1 atom stereocenters. The third kappa shape index (κ3) is 3.59. The number of carbonyl (C=O) groups excluding carboxylic acids is 2. The Morgan fingerprint density at radius 2 is 1.89 bits per heavy atom. The van der Waals surface area contributed by atoms with Crippen molar-refractivity contribution in [2.75, 3.05) is 13.2 Å². The Balaban J connectivity index is 1.71. The first kappa shape index (κ1) is 18.4. The summed E-state index contributed by atoms with van der Waals surface area (Å²) in [6.45, 7) is 3.72. The van der Waals surface area contributed by atoms with Gasteiger partial charge in [-0.3, -0.25) is 19.8 Å². The van der Waals surface area contributed by atoms with Crippen LogP contribution in [0.4, 0.5) is 10.5 Å². The van der Waals surface area contributed by atoms with Crippen LogP contribution in [0.2, 0.25) is 0 Å². The fourth-order valence-corrected chi connectivity index (χ4v) is 2.92. The zero-order valence-electron chi connectivity index (χ0n) is 15.0. The number of hydrogen-bond acceptors (Lipinski definition) is 5. The summed E-state index contributed by atoms with van der Waals surface area (Å²) in [5.41, 5.74) is -0.0365. The number of aryl methyl sites for hydroxylation is 1. The molecule has 140 valence electrons. The molecule has 0 bridgehead atoms. The maximum Gasteiger partial charge on any atom is 0.325 e. The van der Waals surface area contributed by atoms with Gasteiger partial charge in [0, 0.05) is 12.1 Å². The Labute approximate surface area is 155 Å². The smallest absolute Gasteiger partial charge is 0.325 e. The summed E-state index contributed by atoms with van der Waals surface area (Å²) in [6.07, 6.45) is 0. The SMILES string of the molecule is Cc1ccc(OCCN2C(=O)NC(C)(c3cccc([N+](=O)[O-])c3)C2=O)cc1. The van der Waals surface area contributed by atoms with Gasteiger partial charge < -0.3 is 10.1 Å². The van der Waals surface area contributed by atoms with Crippen LogP contribution in [0.15, 0.2) is 48.5 Å². The Kier molecular flexibility index (Phi) is 4.81. The second-order valence-corrected chi connectivity index (χ2v) is 6.48. The number of nitro groups is 1. The predicted octanol–water partition coefficient (Wildman–Crippen LogP) is 2.75. The summed E-state index contributed by atoms with van der Waals surface area (Å²) < 4.78 is 5.58. The molecule has 3 amide bonds. The lowest BCUT2D eigenvalue weighted by molar-refractivity contribution is -0.385. The minimum Gasteiger partial charge on any atom is -0.492 e. The van der Waals surface area contributed by atoms with Gasteiger partial charge in [0.05, 0.1) is 11.5 Å². The first-order valence-electron chi connectivity index (χ1n) is 8.40. The second kappa shape index (κ2) is 7.06. The minimum atomic E-state index is -1.35. The molecule has 1 fully saturated rings. The van der Waals surface area contributed by atoms with Gasteiger partial charge >= 0.3 is 6.03 Å². The van der Waals surface area contributed by atoms with Crippen molar-refractivity contribution in [1.82, 2.24) is 10.2 Å². The number of non-ortho nitro benzene ring substituents is 1. The summed E-state index contributed by atoms with van der Waals surface area (Å²) in [4.78, 5) is 36.6. The van der Waals surface area contributed by atoms with Crippen molar-refractivity contribution < 1.29 is 19.2 Å². The molecule has 1 unspecified atom stereocenters. The van der Waals surface area contributed by atoms with Crippen LogP contribution in [0.25, 0.3) is 0 Å². The van der Waals surface area contributed by atoms with E-state index in [0.717, 1.165) is 10.5 Å². The highest BCUT2D eigenvalue weighted by atomic mass is 16.6. The van der Waals surface area contributed by atoms with Gasteiger partial charge in [-0.25, -0.2) is 4.79 Å². The lowest BCUT2D eigenvalue weighted by atomic mass is 9.91. The summed E-state index contributed by atoms with van der Waals surface area (Å²) >= 11 is 0. The van der Waals surface area contributed by atoms with E-state index in [1.165, 1.54) is 25.1 Å². The van der Waals surface area contributed by atoms with Gasteiger partial charge in [-0.15, -0.1) is 0 Å². The third-order valence-corrected chi connectivity index (χ3v) is 4.51. The Bertz CT molecular complexity index is 896. The number of urea groups is 1. The molecule has 1 saturated heterocycles. The third-order valence-electron chi connectivity index (χ3n) is 4.51. The molecule has 2 aromatic carbocycles. The molecule has 1 heterocycles. The van der Waals surface area contributed by atoms with E-state index in [1.807, 2.05) is 31.2 Å². The Morgan fingerprint density at radius 1 is 1.19 bits per heavy atom. The fourth-order valence-electron chi connectivity index (χ4n) is 2.92. The monoisotopic (exact) mass is 369 g/mol. The molecular weight excluding hydrogens is 350 g/mol. The lowest BCUT2D eigenvalue weighted by Gasteiger charge is -2.22. The number of hydrogen-bond donors (Lipinski definition) is 1. The van der Waals surface area contributed by atoms with Crippen LogP contribution in [0.1, 0.15) is 18.1 Å². The van der Waals surface area contributed by atoms with Crippen molar-refractivity contribution in [1.29, 1.82) is 0 Å². The molecule has 1 aliphatic rings. The normalized spacial score (nSPS) is 19.1. The molecule has 2 aromatic rings. The average molecular weight is 369 g/mol. The van der Waals surface area contributed by atoms with E-state index in [9.17, 15) is 19.7 Å². The van der Waals surface area contributed by atoms with Crippen LogP contribution < -0.4 is 10.1 Å². The van der Waals surface area contributed by atoms with E-state index in [1.54, 1.807) is 6.07 Å². The Morgan fingerprint density at radius 3 is 2.56 bits per heavy atom.